The zero-order valence-corrected chi connectivity index (χ0v) is 10.3. The maximum atomic E-state index is 12.6. The van der Waals surface area contributed by atoms with Crippen molar-refractivity contribution in [3.63, 3.8) is 0 Å². The number of benzene rings is 1. The van der Waals surface area contributed by atoms with Gasteiger partial charge in [-0.1, -0.05) is 0 Å². The molecule has 0 unspecified atom stereocenters. The van der Waals surface area contributed by atoms with Crippen LogP contribution in [0.4, 0.5) is 19.0 Å². The van der Waals surface area contributed by atoms with Gasteiger partial charge in [0.1, 0.15) is 17.4 Å². The average Bonchev–Trinajstić information content (AvgIpc) is 2.66. The Kier molecular flexibility index (Phi) is 3.13. The fraction of sp³-hybridized carbons (Fsp3) is 0.250. The number of aromatic nitrogens is 2. The number of imidazole rings is 1. The first-order chi connectivity index (χ1) is 8.82. The lowest BCUT2D eigenvalue weighted by molar-refractivity contribution is -0.137. The van der Waals surface area contributed by atoms with Crippen LogP contribution in [0.2, 0.25) is 0 Å². The molecule has 0 atom stereocenters. The van der Waals surface area contributed by atoms with Crippen LogP contribution < -0.4 is 10.5 Å². The number of nitrogens with two attached hydrogens (primary N) is 1. The third-order valence-electron chi connectivity index (χ3n) is 2.66. The molecule has 0 aliphatic carbocycles. The van der Waals surface area contributed by atoms with E-state index in [0.29, 0.717) is 17.2 Å². The number of halogens is 3. The highest BCUT2D eigenvalue weighted by atomic mass is 19.4. The quantitative estimate of drug-likeness (QED) is 0.913. The van der Waals surface area contributed by atoms with E-state index in [1.807, 2.05) is 0 Å². The molecule has 1 aromatic heterocycles. The van der Waals surface area contributed by atoms with E-state index in [9.17, 15) is 13.2 Å². The van der Waals surface area contributed by atoms with Gasteiger partial charge in [0.25, 0.3) is 0 Å². The predicted octanol–water partition coefficient (Wildman–Crippen LogP) is 2.70. The van der Waals surface area contributed by atoms with E-state index in [4.69, 9.17) is 10.5 Å². The molecule has 0 saturated carbocycles. The van der Waals surface area contributed by atoms with Crippen LogP contribution in [0.1, 0.15) is 5.56 Å². The van der Waals surface area contributed by atoms with Crippen molar-refractivity contribution in [1.82, 2.24) is 9.55 Å². The van der Waals surface area contributed by atoms with Crippen LogP contribution in [0.3, 0.4) is 0 Å². The number of hydrogen-bond acceptors (Lipinski definition) is 3. The van der Waals surface area contributed by atoms with Crippen molar-refractivity contribution < 1.29 is 17.9 Å². The van der Waals surface area contributed by atoms with Crippen molar-refractivity contribution in [2.75, 3.05) is 12.8 Å². The van der Waals surface area contributed by atoms with Crippen LogP contribution in [0.25, 0.3) is 11.4 Å². The fourth-order valence-corrected chi connectivity index (χ4v) is 1.79. The lowest BCUT2D eigenvalue weighted by Crippen LogP contribution is -2.06. The van der Waals surface area contributed by atoms with Crippen molar-refractivity contribution in [3.8, 4) is 17.1 Å². The summed E-state index contributed by atoms with van der Waals surface area (Å²) in [6.07, 6.45) is -2.83. The van der Waals surface area contributed by atoms with E-state index >= 15 is 0 Å². The molecule has 7 heteroatoms. The zero-order valence-electron chi connectivity index (χ0n) is 10.3. The van der Waals surface area contributed by atoms with Crippen molar-refractivity contribution in [1.29, 1.82) is 0 Å². The van der Waals surface area contributed by atoms with Gasteiger partial charge >= 0.3 is 6.18 Å². The minimum absolute atomic E-state index is 0.100. The summed E-state index contributed by atoms with van der Waals surface area (Å²) in [5.74, 6) is 0.839. The maximum Gasteiger partial charge on any atom is 0.416 e. The summed E-state index contributed by atoms with van der Waals surface area (Å²) in [5, 5.41) is 0. The zero-order chi connectivity index (χ0) is 14.2. The predicted molar refractivity (Wildman–Crippen MR) is 64.6 cm³/mol. The molecule has 19 heavy (non-hydrogen) atoms. The van der Waals surface area contributed by atoms with Crippen molar-refractivity contribution in [3.05, 3.63) is 30.0 Å². The molecule has 2 rings (SSSR count). The lowest BCUT2D eigenvalue weighted by Gasteiger charge is -2.12. The molecule has 102 valence electrons. The monoisotopic (exact) mass is 271 g/mol. The second-order valence-electron chi connectivity index (χ2n) is 4.01. The Bertz CT molecular complexity index is 605. The van der Waals surface area contributed by atoms with Crippen molar-refractivity contribution >= 4 is 5.82 Å². The van der Waals surface area contributed by atoms with Crippen LogP contribution in [-0.4, -0.2) is 16.7 Å². The summed E-state index contributed by atoms with van der Waals surface area (Å²) in [4.78, 5) is 4.06. The number of alkyl halides is 3. The minimum Gasteiger partial charge on any atom is -0.496 e. The minimum atomic E-state index is -4.41. The number of rotatable bonds is 2. The number of ether oxygens (including phenoxy) is 1. The van der Waals surface area contributed by atoms with Crippen LogP contribution in [-0.2, 0) is 13.2 Å². The fourth-order valence-electron chi connectivity index (χ4n) is 1.79. The van der Waals surface area contributed by atoms with Gasteiger partial charge in [-0.3, -0.25) is 0 Å². The molecule has 0 bridgehead atoms. The molecule has 0 amide bonds. The highest BCUT2D eigenvalue weighted by Crippen LogP contribution is 2.36. The van der Waals surface area contributed by atoms with Gasteiger partial charge in [-0.25, -0.2) is 4.98 Å². The number of hydrogen-bond donors (Lipinski definition) is 1. The molecule has 4 nitrogen and oxygen atoms in total. The molecule has 1 heterocycles. The van der Waals surface area contributed by atoms with Gasteiger partial charge in [0.05, 0.1) is 18.2 Å². The molecule has 0 saturated heterocycles. The molecule has 0 fully saturated rings. The molecule has 2 N–H and O–H groups in total. The summed E-state index contributed by atoms with van der Waals surface area (Å²) in [6, 6.07) is 3.26. The topological polar surface area (TPSA) is 53.1 Å². The highest BCUT2D eigenvalue weighted by Gasteiger charge is 2.31. The number of nitrogen functional groups attached to an aromatic ring is 1. The average molecular weight is 271 g/mol. The molecular formula is C12H12F3N3O. The second-order valence-corrected chi connectivity index (χ2v) is 4.01. The number of aryl methyl sites for hydroxylation is 1. The van der Waals surface area contributed by atoms with Crippen LogP contribution in [0.5, 0.6) is 5.75 Å². The Morgan fingerprint density at radius 1 is 1.32 bits per heavy atom. The van der Waals surface area contributed by atoms with E-state index in [0.717, 1.165) is 12.1 Å². The molecule has 1 aromatic carbocycles. The summed E-state index contributed by atoms with van der Waals surface area (Å²) in [6.45, 7) is 0. The Morgan fingerprint density at radius 2 is 2.00 bits per heavy atom. The smallest absolute Gasteiger partial charge is 0.416 e. The Balaban J connectivity index is 2.56. The summed E-state index contributed by atoms with van der Waals surface area (Å²) < 4.78 is 44.5. The molecule has 0 spiro atoms. The first-order valence-corrected chi connectivity index (χ1v) is 5.37. The van der Waals surface area contributed by atoms with Gasteiger partial charge in [0.2, 0.25) is 0 Å². The van der Waals surface area contributed by atoms with Crippen molar-refractivity contribution in [2.45, 2.75) is 6.18 Å². The number of methoxy groups -OCH3 is 1. The molecule has 0 aliphatic rings. The Morgan fingerprint density at radius 3 is 2.47 bits per heavy atom. The maximum absolute atomic E-state index is 12.6. The van der Waals surface area contributed by atoms with Crippen LogP contribution in [0.15, 0.2) is 24.4 Å². The Hall–Kier alpha value is -2.18. The second kappa shape index (κ2) is 4.49. The number of anilines is 1. The summed E-state index contributed by atoms with van der Waals surface area (Å²) >= 11 is 0. The largest absolute Gasteiger partial charge is 0.496 e. The van der Waals surface area contributed by atoms with E-state index in [1.165, 1.54) is 13.2 Å². The van der Waals surface area contributed by atoms with E-state index in [1.54, 1.807) is 17.8 Å². The summed E-state index contributed by atoms with van der Waals surface area (Å²) in [5.41, 5.74) is 5.24. The van der Waals surface area contributed by atoms with E-state index < -0.39 is 11.7 Å². The molecular weight excluding hydrogens is 259 g/mol. The van der Waals surface area contributed by atoms with Crippen molar-refractivity contribution in [2.24, 2.45) is 7.05 Å². The van der Waals surface area contributed by atoms with Crippen LogP contribution >= 0.6 is 0 Å². The van der Waals surface area contributed by atoms with Gasteiger partial charge in [0, 0.05) is 13.2 Å². The van der Waals surface area contributed by atoms with Gasteiger partial charge in [-0.05, 0) is 18.2 Å². The first-order valence-electron chi connectivity index (χ1n) is 5.37. The first kappa shape index (κ1) is 13.3. The van der Waals surface area contributed by atoms with E-state index in [-0.39, 0.29) is 5.75 Å². The molecule has 2 aromatic rings. The lowest BCUT2D eigenvalue weighted by atomic mass is 10.1. The number of nitrogens with zero attached hydrogens (tertiary/aromatic N) is 2. The van der Waals surface area contributed by atoms with Gasteiger partial charge < -0.3 is 15.0 Å². The SMILES string of the molecule is COc1cc(C(F)(F)F)ccc1-c1nc(N)cn1C. The van der Waals surface area contributed by atoms with Gasteiger partial charge in [-0.15, -0.1) is 0 Å². The highest BCUT2D eigenvalue weighted by molar-refractivity contribution is 5.67. The van der Waals surface area contributed by atoms with Gasteiger partial charge in [-0.2, -0.15) is 13.2 Å². The third kappa shape index (κ3) is 2.49. The summed E-state index contributed by atoms with van der Waals surface area (Å²) in [7, 11) is 3.01. The standard InChI is InChI=1S/C12H12F3N3O/c1-18-6-10(16)17-11(18)8-4-3-7(12(13,14)15)5-9(8)19-2/h3-6H,16H2,1-2H3. The van der Waals surface area contributed by atoms with Crippen LogP contribution in [0, 0.1) is 0 Å². The molecule has 0 aliphatic heterocycles. The third-order valence-corrected chi connectivity index (χ3v) is 2.66. The molecule has 0 radical (unpaired) electrons. The Labute approximate surface area is 107 Å². The van der Waals surface area contributed by atoms with Gasteiger partial charge in [0.15, 0.2) is 0 Å². The normalized spacial score (nSPS) is 11.6. The van der Waals surface area contributed by atoms with E-state index in [2.05, 4.69) is 4.98 Å².